The summed E-state index contributed by atoms with van der Waals surface area (Å²) in [5.74, 6) is 1.37. The van der Waals surface area contributed by atoms with Gasteiger partial charge in [0, 0.05) is 24.7 Å². The van der Waals surface area contributed by atoms with Gasteiger partial charge in [0.15, 0.2) is 5.78 Å². The second-order valence-electron chi connectivity index (χ2n) is 7.72. The van der Waals surface area contributed by atoms with Crippen LogP contribution in [0.15, 0.2) is 73.6 Å². The summed E-state index contributed by atoms with van der Waals surface area (Å²) in [6.45, 7) is 8.73. The van der Waals surface area contributed by atoms with Crippen molar-refractivity contribution in [1.29, 1.82) is 0 Å². The third-order valence-electron chi connectivity index (χ3n) is 5.45. The van der Waals surface area contributed by atoms with Gasteiger partial charge in [-0.25, -0.2) is 9.97 Å². The minimum Gasteiger partial charge on any atom is -0.457 e. The zero-order chi connectivity index (χ0) is 25.2. The summed E-state index contributed by atoms with van der Waals surface area (Å²) in [5.41, 5.74) is 6.73. The number of nitrogen functional groups attached to an aromatic ring is 1. The molecule has 0 spiro atoms. The van der Waals surface area contributed by atoms with E-state index < -0.39 is 0 Å². The average Bonchev–Trinajstić information content (AvgIpc) is 2.90. The molecule has 182 valence electrons. The molecule has 1 aliphatic rings. The number of likely N-dealkylation sites (tertiary alicyclic amines) is 1. The van der Waals surface area contributed by atoms with Gasteiger partial charge < -0.3 is 20.7 Å². The molecule has 1 unspecified atom stereocenters. The predicted molar refractivity (Wildman–Crippen MR) is 138 cm³/mol. The van der Waals surface area contributed by atoms with E-state index in [1.807, 2.05) is 44.2 Å². The molecule has 1 atom stereocenters. The molecular weight excluding hydrogens is 442 g/mol. The van der Waals surface area contributed by atoms with Crippen LogP contribution in [-0.4, -0.2) is 45.7 Å². The molecule has 0 saturated carbocycles. The number of nitrogens with two attached hydrogens (primary N) is 1. The summed E-state index contributed by atoms with van der Waals surface area (Å²) in [5, 5.41) is 3.29. The number of ketones is 1. The van der Waals surface area contributed by atoms with Crippen LogP contribution in [0.2, 0.25) is 0 Å². The van der Waals surface area contributed by atoms with Gasteiger partial charge in [-0.15, -0.1) is 0 Å². The Bertz CT molecular complexity index is 1150. The van der Waals surface area contributed by atoms with Crippen molar-refractivity contribution in [2.75, 3.05) is 24.1 Å². The van der Waals surface area contributed by atoms with Crippen molar-refractivity contribution in [3.63, 3.8) is 0 Å². The molecule has 3 aromatic rings. The molecule has 4 rings (SSSR count). The number of anilines is 2. The Morgan fingerprint density at radius 3 is 2.46 bits per heavy atom. The van der Waals surface area contributed by atoms with Crippen molar-refractivity contribution in [1.82, 2.24) is 14.9 Å². The standard InChI is InChI=1S/C25H25N5O3.C2H6/c1-2-21(31)30-14-6-7-18(15-30)29-25-22(24(26)27-16-28-25)23(32)17-10-12-20(13-11-17)33-19-8-4-3-5-9-19;1-2/h2-5,8-13,16,18H,1,6-7,14-15H2,(H3,26,27,28,29);1-2H3. The maximum Gasteiger partial charge on any atom is 0.246 e. The second kappa shape index (κ2) is 12.3. The molecule has 2 aromatic carbocycles. The fourth-order valence-corrected chi connectivity index (χ4v) is 3.79. The number of hydrogen-bond acceptors (Lipinski definition) is 7. The summed E-state index contributed by atoms with van der Waals surface area (Å²) < 4.78 is 5.79. The van der Waals surface area contributed by atoms with Crippen LogP contribution in [-0.2, 0) is 4.79 Å². The molecule has 1 aromatic heterocycles. The Morgan fingerprint density at radius 1 is 1.09 bits per heavy atom. The Labute approximate surface area is 205 Å². The maximum absolute atomic E-state index is 13.3. The van der Waals surface area contributed by atoms with Crippen molar-refractivity contribution in [3.05, 3.63) is 84.7 Å². The highest BCUT2D eigenvalue weighted by Gasteiger charge is 2.26. The molecule has 8 heteroatoms. The van der Waals surface area contributed by atoms with Gasteiger partial charge in [0.25, 0.3) is 0 Å². The van der Waals surface area contributed by atoms with Crippen LogP contribution in [0.5, 0.6) is 11.5 Å². The Hall–Kier alpha value is -4.20. The summed E-state index contributed by atoms with van der Waals surface area (Å²) in [6.07, 6.45) is 4.31. The molecule has 8 nitrogen and oxygen atoms in total. The number of nitrogens with zero attached hydrogens (tertiary/aromatic N) is 3. The summed E-state index contributed by atoms with van der Waals surface area (Å²) in [4.78, 5) is 35.3. The molecule has 0 bridgehead atoms. The van der Waals surface area contributed by atoms with E-state index in [0.29, 0.717) is 36.0 Å². The molecule has 1 aliphatic heterocycles. The van der Waals surface area contributed by atoms with Crippen LogP contribution in [0, 0.1) is 0 Å². The van der Waals surface area contributed by atoms with E-state index in [0.717, 1.165) is 12.8 Å². The van der Waals surface area contributed by atoms with Gasteiger partial charge in [-0.2, -0.15) is 0 Å². The number of benzene rings is 2. The summed E-state index contributed by atoms with van der Waals surface area (Å²) >= 11 is 0. The number of amides is 1. The van der Waals surface area contributed by atoms with Crippen LogP contribution in [0.4, 0.5) is 11.6 Å². The van der Waals surface area contributed by atoms with Gasteiger partial charge in [-0.05, 0) is 55.3 Å². The highest BCUT2D eigenvalue weighted by atomic mass is 16.5. The number of para-hydroxylation sites is 1. The van der Waals surface area contributed by atoms with Crippen molar-refractivity contribution in [2.24, 2.45) is 0 Å². The number of carbonyl (C=O) groups excluding carboxylic acids is 2. The minimum absolute atomic E-state index is 0.0647. The first kappa shape index (κ1) is 25.4. The zero-order valence-corrected chi connectivity index (χ0v) is 20.1. The van der Waals surface area contributed by atoms with E-state index >= 15 is 0 Å². The molecule has 35 heavy (non-hydrogen) atoms. The number of carbonyl (C=O) groups is 2. The monoisotopic (exact) mass is 473 g/mol. The first-order valence-electron chi connectivity index (χ1n) is 11.7. The Kier molecular flexibility index (Phi) is 8.95. The van der Waals surface area contributed by atoms with Crippen LogP contribution in [0.3, 0.4) is 0 Å². The number of aromatic nitrogens is 2. The van der Waals surface area contributed by atoms with E-state index in [1.54, 1.807) is 29.2 Å². The quantitative estimate of drug-likeness (QED) is 0.378. The van der Waals surface area contributed by atoms with Crippen LogP contribution in [0.1, 0.15) is 42.6 Å². The SMILES string of the molecule is C=CC(=O)N1CCCC(Nc2ncnc(N)c2C(=O)c2ccc(Oc3ccccc3)cc2)C1.CC. The number of rotatable bonds is 7. The lowest BCUT2D eigenvalue weighted by atomic mass is 10.0. The smallest absolute Gasteiger partial charge is 0.246 e. The number of hydrogen-bond donors (Lipinski definition) is 2. The molecule has 2 heterocycles. The molecule has 1 amide bonds. The summed E-state index contributed by atoms with van der Waals surface area (Å²) in [7, 11) is 0. The normalized spacial score (nSPS) is 14.8. The summed E-state index contributed by atoms with van der Waals surface area (Å²) in [6, 6.07) is 16.2. The Morgan fingerprint density at radius 2 is 1.77 bits per heavy atom. The third-order valence-corrected chi connectivity index (χ3v) is 5.45. The van der Waals surface area contributed by atoms with Crippen molar-refractivity contribution in [2.45, 2.75) is 32.7 Å². The van der Waals surface area contributed by atoms with E-state index in [9.17, 15) is 9.59 Å². The Balaban J connectivity index is 0.00000167. The first-order valence-corrected chi connectivity index (χ1v) is 11.7. The van der Waals surface area contributed by atoms with Crippen LogP contribution in [0.25, 0.3) is 0 Å². The van der Waals surface area contributed by atoms with Crippen molar-refractivity contribution >= 4 is 23.3 Å². The van der Waals surface area contributed by atoms with Crippen LogP contribution >= 0.6 is 0 Å². The number of piperidine rings is 1. The first-order chi connectivity index (χ1) is 17.0. The molecule has 1 fully saturated rings. The minimum atomic E-state index is -0.295. The van der Waals surface area contributed by atoms with E-state index in [-0.39, 0.29) is 29.1 Å². The van der Waals surface area contributed by atoms with Gasteiger partial charge in [0.1, 0.15) is 35.0 Å². The van der Waals surface area contributed by atoms with Gasteiger partial charge in [0.05, 0.1) is 0 Å². The fraction of sp³-hybridized carbons (Fsp3) is 0.259. The maximum atomic E-state index is 13.3. The van der Waals surface area contributed by atoms with Gasteiger partial charge >= 0.3 is 0 Å². The average molecular weight is 474 g/mol. The van der Waals surface area contributed by atoms with Gasteiger partial charge in [-0.1, -0.05) is 38.6 Å². The fourth-order valence-electron chi connectivity index (χ4n) is 3.79. The molecule has 1 saturated heterocycles. The zero-order valence-electron chi connectivity index (χ0n) is 20.1. The van der Waals surface area contributed by atoms with E-state index in [4.69, 9.17) is 10.5 Å². The van der Waals surface area contributed by atoms with Crippen molar-refractivity contribution < 1.29 is 14.3 Å². The van der Waals surface area contributed by atoms with Gasteiger partial charge in [0.2, 0.25) is 5.91 Å². The lowest BCUT2D eigenvalue weighted by Gasteiger charge is -2.33. The number of nitrogens with one attached hydrogen (secondary N) is 1. The van der Waals surface area contributed by atoms with Crippen LogP contribution < -0.4 is 15.8 Å². The predicted octanol–water partition coefficient (Wildman–Crippen LogP) is 4.70. The third kappa shape index (κ3) is 6.44. The lowest BCUT2D eigenvalue weighted by Crippen LogP contribution is -2.44. The van der Waals surface area contributed by atoms with E-state index in [1.165, 1.54) is 12.4 Å². The highest BCUT2D eigenvalue weighted by Crippen LogP contribution is 2.26. The van der Waals surface area contributed by atoms with Crippen molar-refractivity contribution in [3.8, 4) is 11.5 Å². The number of ether oxygens (including phenoxy) is 1. The van der Waals surface area contributed by atoms with E-state index in [2.05, 4.69) is 21.9 Å². The highest BCUT2D eigenvalue weighted by molar-refractivity contribution is 6.14. The molecule has 0 aliphatic carbocycles. The molecule has 0 radical (unpaired) electrons. The lowest BCUT2D eigenvalue weighted by molar-refractivity contribution is -0.127. The van der Waals surface area contributed by atoms with Gasteiger partial charge in [-0.3, -0.25) is 9.59 Å². The molecular formula is C27H31N5O3. The largest absolute Gasteiger partial charge is 0.457 e. The topological polar surface area (TPSA) is 110 Å². The molecule has 3 N–H and O–H groups in total. The second-order valence-corrected chi connectivity index (χ2v) is 7.72.